The summed E-state index contributed by atoms with van der Waals surface area (Å²) in [5.41, 5.74) is 4.00. The van der Waals surface area contributed by atoms with Crippen molar-refractivity contribution < 1.29 is 0 Å². The van der Waals surface area contributed by atoms with Crippen LogP contribution in [-0.4, -0.2) is 27.6 Å². The van der Waals surface area contributed by atoms with Gasteiger partial charge in [-0.25, -0.2) is 4.98 Å². The van der Waals surface area contributed by atoms with Gasteiger partial charge >= 0.3 is 0 Å². The van der Waals surface area contributed by atoms with E-state index >= 15 is 0 Å². The van der Waals surface area contributed by atoms with Crippen LogP contribution in [0.25, 0.3) is 50.5 Å². The quantitative estimate of drug-likeness (QED) is 0.131. The molecule has 0 amide bonds. The molecule has 0 radical (unpaired) electrons. The Kier molecular flexibility index (Phi) is 7.45. The van der Waals surface area contributed by atoms with Gasteiger partial charge in [-0.3, -0.25) is 4.57 Å². The Labute approximate surface area is 292 Å². The van der Waals surface area contributed by atoms with E-state index in [9.17, 15) is 0 Å². The molecule has 0 saturated heterocycles. The van der Waals surface area contributed by atoms with Crippen molar-refractivity contribution in [3.05, 3.63) is 194 Å². The van der Waals surface area contributed by atoms with Gasteiger partial charge in [-0.15, -0.1) is 0 Å². The van der Waals surface area contributed by atoms with Crippen LogP contribution in [0.1, 0.15) is 0 Å². The number of aromatic nitrogens is 4. The summed E-state index contributed by atoms with van der Waals surface area (Å²) >= 11 is 0. The summed E-state index contributed by atoms with van der Waals surface area (Å²) < 4.78 is 2.17. The average Bonchev–Trinajstić information content (AvgIpc) is 3.54. The normalized spacial score (nSPS) is 11.6. The molecule has 0 saturated carbocycles. The van der Waals surface area contributed by atoms with Crippen LogP contribution in [0.15, 0.2) is 194 Å². The Bertz CT molecular complexity index is 2440. The zero-order chi connectivity index (χ0) is 33.3. The van der Waals surface area contributed by atoms with Crippen LogP contribution in [0.2, 0.25) is 0 Å². The Balaban J connectivity index is 1.32. The second kappa shape index (κ2) is 12.5. The van der Waals surface area contributed by atoms with E-state index in [-0.39, 0.29) is 0 Å². The largest absolute Gasteiger partial charge is 0.278 e. The van der Waals surface area contributed by atoms with Gasteiger partial charge in [-0.1, -0.05) is 182 Å². The van der Waals surface area contributed by atoms with E-state index in [2.05, 4.69) is 180 Å². The first-order chi connectivity index (χ1) is 24.8. The first-order valence-corrected chi connectivity index (χ1v) is 18.9. The molecule has 5 heteroatoms. The van der Waals surface area contributed by atoms with E-state index in [4.69, 9.17) is 15.0 Å². The number of para-hydroxylation sites is 2. The van der Waals surface area contributed by atoms with Crippen LogP contribution < -0.4 is 20.7 Å². The molecule has 236 valence electrons. The van der Waals surface area contributed by atoms with Crippen molar-refractivity contribution >= 4 is 50.6 Å². The second-order valence-electron chi connectivity index (χ2n) is 12.4. The summed E-state index contributed by atoms with van der Waals surface area (Å²) in [6, 6.07) is 69.0. The highest BCUT2D eigenvalue weighted by Gasteiger charge is 2.41. The van der Waals surface area contributed by atoms with Gasteiger partial charge in [0.05, 0.1) is 11.0 Å². The molecule has 7 aromatic carbocycles. The maximum absolute atomic E-state index is 5.27. The summed E-state index contributed by atoms with van der Waals surface area (Å²) in [5, 5.41) is 7.55. The minimum atomic E-state index is -2.76. The van der Waals surface area contributed by atoms with Crippen molar-refractivity contribution in [1.82, 2.24) is 19.5 Å². The van der Waals surface area contributed by atoms with Crippen molar-refractivity contribution in [3.63, 3.8) is 0 Å². The van der Waals surface area contributed by atoms with Gasteiger partial charge in [-0.05, 0) is 32.9 Å². The molecule has 0 aliphatic rings. The molecular formula is C45H32N4Si. The maximum atomic E-state index is 5.27. The SMILES string of the molecule is c1ccc(-c2nc(-c3cccc([Si](c4ccccc4)(c4ccccc4)c4ccccc4)c3)nc(-n3c4ccccc4c4ccccc43)n2)cc1. The zero-order valence-corrected chi connectivity index (χ0v) is 28.3. The number of benzene rings is 7. The standard InChI is InChI=1S/C45H32N4Si/c1-5-18-33(19-6-1)43-46-44(48-45(47-43)49-41-30-15-13-28-39(41)40-29-14-16-31-42(40)49)34-20-17-27-38(32-34)50(35-21-7-2-8-22-35,36-23-9-3-10-24-36)37-25-11-4-12-26-37/h1-32H. The minimum absolute atomic E-state index is 0.592. The fourth-order valence-electron chi connectivity index (χ4n) is 7.40. The highest BCUT2D eigenvalue weighted by atomic mass is 28.3. The summed E-state index contributed by atoms with van der Waals surface area (Å²) in [6.45, 7) is 0. The lowest BCUT2D eigenvalue weighted by Gasteiger charge is -2.34. The van der Waals surface area contributed by atoms with Gasteiger partial charge in [0, 0.05) is 21.9 Å². The molecule has 50 heavy (non-hydrogen) atoms. The molecule has 2 aromatic heterocycles. The van der Waals surface area contributed by atoms with Gasteiger partial charge in [-0.2, -0.15) is 9.97 Å². The molecule has 4 nitrogen and oxygen atoms in total. The molecular weight excluding hydrogens is 625 g/mol. The summed E-state index contributed by atoms with van der Waals surface area (Å²) in [4.78, 5) is 15.6. The van der Waals surface area contributed by atoms with Gasteiger partial charge < -0.3 is 0 Å². The molecule has 0 N–H and O–H groups in total. The smallest absolute Gasteiger partial charge is 0.238 e. The molecule has 0 atom stereocenters. The van der Waals surface area contributed by atoms with Gasteiger partial charge in [0.25, 0.3) is 0 Å². The number of hydrogen-bond donors (Lipinski definition) is 0. The highest BCUT2D eigenvalue weighted by molar-refractivity contribution is 7.19. The van der Waals surface area contributed by atoms with Crippen molar-refractivity contribution in [2.45, 2.75) is 0 Å². The van der Waals surface area contributed by atoms with E-state index in [0.29, 0.717) is 17.6 Å². The van der Waals surface area contributed by atoms with Gasteiger partial charge in [0.1, 0.15) is 0 Å². The monoisotopic (exact) mass is 656 g/mol. The lowest BCUT2D eigenvalue weighted by Crippen LogP contribution is -2.74. The third-order valence-corrected chi connectivity index (χ3v) is 14.4. The van der Waals surface area contributed by atoms with E-state index in [1.165, 1.54) is 20.7 Å². The Morgan fingerprint density at radius 2 is 0.740 bits per heavy atom. The van der Waals surface area contributed by atoms with Crippen LogP contribution >= 0.6 is 0 Å². The number of hydrogen-bond acceptors (Lipinski definition) is 3. The lowest BCUT2D eigenvalue weighted by atomic mass is 10.2. The zero-order valence-electron chi connectivity index (χ0n) is 27.3. The second-order valence-corrected chi connectivity index (χ2v) is 16.3. The average molecular weight is 657 g/mol. The number of rotatable bonds is 7. The predicted octanol–water partition coefficient (Wildman–Crippen LogP) is 7.68. The molecule has 2 heterocycles. The molecule has 0 aliphatic heterocycles. The van der Waals surface area contributed by atoms with Crippen LogP contribution in [-0.2, 0) is 0 Å². The summed E-state index contributed by atoms with van der Waals surface area (Å²) in [5.74, 6) is 1.86. The van der Waals surface area contributed by atoms with Crippen molar-refractivity contribution in [2.24, 2.45) is 0 Å². The van der Waals surface area contributed by atoms with Crippen molar-refractivity contribution in [3.8, 4) is 28.7 Å². The molecule has 0 aliphatic carbocycles. The molecule has 9 rings (SSSR count). The van der Waals surface area contributed by atoms with E-state index in [0.717, 1.165) is 32.9 Å². The van der Waals surface area contributed by atoms with Crippen LogP contribution in [0.4, 0.5) is 0 Å². The fourth-order valence-corrected chi connectivity index (χ4v) is 12.2. The van der Waals surface area contributed by atoms with E-state index in [1.54, 1.807) is 0 Å². The molecule has 0 fully saturated rings. The van der Waals surface area contributed by atoms with Crippen LogP contribution in [0, 0.1) is 0 Å². The first kappa shape index (κ1) is 29.7. The predicted molar refractivity (Wildman–Crippen MR) is 209 cm³/mol. The molecule has 0 unspecified atom stereocenters. The Hall–Kier alpha value is -6.43. The third kappa shape index (κ3) is 4.95. The molecule has 0 spiro atoms. The summed E-state index contributed by atoms with van der Waals surface area (Å²) in [7, 11) is -2.76. The lowest BCUT2D eigenvalue weighted by molar-refractivity contribution is 0.953. The third-order valence-electron chi connectivity index (χ3n) is 9.61. The Morgan fingerprint density at radius 1 is 0.340 bits per heavy atom. The number of nitrogens with zero attached hydrogens (tertiary/aromatic N) is 4. The highest BCUT2D eigenvalue weighted by Crippen LogP contribution is 2.32. The van der Waals surface area contributed by atoms with E-state index in [1.807, 2.05) is 18.2 Å². The molecule has 9 aromatic rings. The van der Waals surface area contributed by atoms with Gasteiger partial charge in [0.2, 0.25) is 5.95 Å². The van der Waals surface area contributed by atoms with Crippen molar-refractivity contribution in [1.29, 1.82) is 0 Å². The first-order valence-electron chi connectivity index (χ1n) is 16.9. The Morgan fingerprint density at radius 3 is 1.26 bits per heavy atom. The number of fused-ring (bicyclic) bond motifs is 3. The summed E-state index contributed by atoms with van der Waals surface area (Å²) in [6.07, 6.45) is 0. The topological polar surface area (TPSA) is 43.6 Å². The van der Waals surface area contributed by atoms with Crippen molar-refractivity contribution in [2.75, 3.05) is 0 Å². The molecule has 0 bridgehead atoms. The maximum Gasteiger partial charge on any atom is 0.238 e. The van der Waals surface area contributed by atoms with Crippen LogP contribution in [0.5, 0.6) is 0 Å². The van der Waals surface area contributed by atoms with Gasteiger partial charge in [0.15, 0.2) is 19.7 Å². The van der Waals surface area contributed by atoms with E-state index < -0.39 is 8.07 Å². The fraction of sp³-hybridized carbons (Fsp3) is 0. The van der Waals surface area contributed by atoms with Crippen LogP contribution in [0.3, 0.4) is 0 Å². The minimum Gasteiger partial charge on any atom is -0.278 e.